The van der Waals surface area contributed by atoms with Gasteiger partial charge in [-0.15, -0.1) is 0 Å². The van der Waals surface area contributed by atoms with Crippen LogP contribution in [0, 0.1) is 11.7 Å². The van der Waals surface area contributed by atoms with E-state index in [-0.39, 0.29) is 4.77 Å². The summed E-state index contributed by atoms with van der Waals surface area (Å²) in [6, 6.07) is 18.2. The van der Waals surface area contributed by atoms with Gasteiger partial charge >= 0.3 is 0 Å². The predicted octanol–water partition coefficient (Wildman–Crippen LogP) is 3.41. The van der Waals surface area contributed by atoms with Gasteiger partial charge in [-0.2, -0.15) is 13.4 Å². The molecule has 2 aromatic carbocycles. The Labute approximate surface area is 162 Å². The molecule has 8 heteroatoms. The molecule has 0 aliphatic heterocycles. The summed E-state index contributed by atoms with van der Waals surface area (Å²) in [4.78, 5) is 15.4. The minimum absolute atomic E-state index is 0.178. The Kier molecular flexibility index (Phi) is 4.86. The van der Waals surface area contributed by atoms with E-state index in [9.17, 15) is 8.42 Å². The first-order valence-electron chi connectivity index (χ1n) is 8.64. The molecule has 0 atom stereocenters. The lowest BCUT2D eigenvalue weighted by molar-refractivity contribution is 0.623. The number of hydrogen-bond acceptors (Lipinski definition) is 6. The standard InChI is InChI=1S/C20H17N5O2S/c1-13-21-12-17-18(22-13)19(25-20(24-17)28(26)27)23-16-9-7-15(8-10-16)11-14-5-3-2-4-6-14/h2-10,12,24H,11H2,1H3,(H,23,25). The second-order valence-corrected chi connectivity index (χ2v) is 7.15. The van der Waals surface area contributed by atoms with E-state index in [2.05, 4.69) is 37.4 Å². The normalized spacial score (nSPS) is 10.8. The van der Waals surface area contributed by atoms with Crippen LogP contribution < -0.4 is 5.32 Å². The average molecular weight is 391 g/mol. The molecular weight excluding hydrogens is 374 g/mol. The Hall–Kier alpha value is -3.52. The summed E-state index contributed by atoms with van der Waals surface area (Å²) in [5.74, 6) is 0.925. The third-order valence-corrected chi connectivity index (χ3v) is 4.72. The zero-order chi connectivity index (χ0) is 19.5. The van der Waals surface area contributed by atoms with Gasteiger partial charge in [0.05, 0.1) is 11.7 Å². The van der Waals surface area contributed by atoms with Crippen molar-refractivity contribution >= 4 is 32.8 Å². The van der Waals surface area contributed by atoms with Crippen LogP contribution >= 0.6 is 0 Å². The highest BCUT2D eigenvalue weighted by atomic mass is 32.2. The molecule has 0 fully saturated rings. The van der Waals surface area contributed by atoms with Crippen LogP contribution in [0.5, 0.6) is 0 Å². The van der Waals surface area contributed by atoms with Crippen LogP contribution in [0.4, 0.5) is 11.5 Å². The third kappa shape index (κ3) is 3.91. The quantitative estimate of drug-likeness (QED) is 0.517. The van der Waals surface area contributed by atoms with Crippen LogP contribution in [0.15, 0.2) is 60.8 Å². The molecule has 0 saturated carbocycles. The SMILES string of the molecule is Cc1ncc2[nH]c(=S(=O)=O)nc(Nc3ccc(Cc4ccccc4)cc3)c2n1. The maximum absolute atomic E-state index is 11.4. The summed E-state index contributed by atoms with van der Waals surface area (Å²) in [5, 5.41) is 3.17. The van der Waals surface area contributed by atoms with Crippen LogP contribution in [0.1, 0.15) is 17.0 Å². The molecule has 0 radical (unpaired) electrons. The van der Waals surface area contributed by atoms with E-state index < -0.39 is 10.3 Å². The van der Waals surface area contributed by atoms with Gasteiger partial charge in [0, 0.05) is 5.69 Å². The van der Waals surface area contributed by atoms with Crippen molar-refractivity contribution in [2.75, 3.05) is 5.32 Å². The molecule has 4 aromatic rings. The van der Waals surface area contributed by atoms with Gasteiger partial charge in [-0.1, -0.05) is 42.5 Å². The molecule has 7 nitrogen and oxygen atoms in total. The number of aryl methyl sites for hydroxylation is 1. The molecule has 0 aliphatic rings. The number of nitrogens with zero attached hydrogens (tertiary/aromatic N) is 3. The van der Waals surface area contributed by atoms with Crippen molar-refractivity contribution in [3.8, 4) is 0 Å². The largest absolute Gasteiger partial charge is 0.338 e. The molecule has 0 unspecified atom stereocenters. The van der Waals surface area contributed by atoms with Gasteiger partial charge in [0.25, 0.3) is 15.1 Å². The molecule has 140 valence electrons. The van der Waals surface area contributed by atoms with Crippen molar-refractivity contribution in [3.05, 3.63) is 82.5 Å². The first-order chi connectivity index (χ1) is 13.6. The molecule has 0 saturated heterocycles. The Bertz CT molecular complexity index is 1310. The second kappa shape index (κ2) is 7.61. The van der Waals surface area contributed by atoms with Gasteiger partial charge in [0.1, 0.15) is 11.3 Å². The Balaban J connectivity index is 1.68. The molecule has 2 heterocycles. The fourth-order valence-electron chi connectivity index (χ4n) is 2.88. The number of aromatic amines is 1. The van der Waals surface area contributed by atoms with Gasteiger partial charge in [-0.25, -0.2) is 9.97 Å². The summed E-state index contributed by atoms with van der Waals surface area (Å²) in [6.45, 7) is 1.77. The van der Waals surface area contributed by atoms with Crippen molar-refractivity contribution in [3.63, 3.8) is 0 Å². The van der Waals surface area contributed by atoms with Crippen molar-refractivity contribution in [1.82, 2.24) is 19.9 Å². The minimum atomic E-state index is -2.50. The molecule has 0 aliphatic carbocycles. The minimum Gasteiger partial charge on any atom is -0.338 e. The molecule has 0 bridgehead atoms. The third-order valence-electron chi connectivity index (χ3n) is 4.21. The maximum Gasteiger partial charge on any atom is 0.258 e. The molecule has 4 rings (SSSR count). The van der Waals surface area contributed by atoms with E-state index >= 15 is 0 Å². The highest BCUT2D eigenvalue weighted by Crippen LogP contribution is 2.22. The van der Waals surface area contributed by atoms with Gasteiger partial charge in [-0.3, -0.25) is 0 Å². The fourth-order valence-corrected chi connectivity index (χ4v) is 3.24. The number of nitrogens with one attached hydrogen (secondary N) is 2. The number of aromatic nitrogens is 4. The lowest BCUT2D eigenvalue weighted by Crippen LogP contribution is -2.01. The van der Waals surface area contributed by atoms with Crippen LogP contribution in [0.3, 0.4) is 0 Å². The first kappa shape index (κ1) is 17.9. The first-order valence-corrected chi connectivity index (χ1v) is 9.72. The zero-order valence-corrected chi connectivity index (χ0v) is 15.9. The van der Waals surface area contributed by atoms with Gasteiger partial charge in [-0.05, 0) is 36.6 Å². The Morgan fingerprint density at radius 2 is 1.68 bits per heavy atom. The van der Waals surface area contributed by atoms with E-state index in [1.165, 1.54) is 11.1 Å². The zero-order valence-electron chi connectivity index (χ0n) is 15.0. The smallest absolute Gasteiger partial charge is 0.258 e. The van der Waals surface area contributed by atoms with Crippen LogP contribution in [0.25, 0.3) is 11.0 Å². The summed E-state index contributed by atoms with van der Waals surface area (Å²) < 4.78 is 22.6. The lowest BCUT2D eigenvalue weighted by atomic mass is 10.0. The Morgan fingerprint density at radius 3 is 2.39 bits per heavy atom. The van der Waals surface area contributed by atoms with Gasteiger partial charge < -0.3 is 10.3 Å². The number of rotatable bonds is 4. The van der Waals surface area contributed by atoms with Crippen LogP contribution in [-0.4, -0.2) is 28.4 Å². The molecule has 0 amide bonds. The number of fused-ring (bicyclic) bond motifs is 1. The molecule has 0 spiro atoms. The Morgan fingerprint density at radius 1 is 0.964 bits per heavy atom. The highest BCUT2D eigenvalue weighted by Gasteiger charge is 2.08. The lowest BCUT2D eigenvalue weighted by Gasteiger charge is -2.09. The summed E-state index contributed by atoms with van der Waals surface area (Å²) in [7, 11) is -2.50. The summed E-state index contributed by atoms with van der Waals surface area (Å²) in [5.41, 5.74) is 4.22. The molecule has 2 aromatic heterocycles. The highest BCUT2D eigenvalue weighted by molar-refractivity contribution is 7.63. The number of benzene rings is 2. The van der Waals surface area contributed by atoms with E-state index in [0.717, 1.165) is 12.1 Å². The fraction of sp³-hybridized carbons (Fsp3) is 0.100. The van der Waals surface area contributed by atoms with Gasteiger partial charge in [0.2, 0.25) is 0 Å². The summed E-state index contributed by atoms with van der Waals surface area (Å²) in [6.07, 6.45) is 2.39. The number of anilines is 2. The average Bonchev–Trinajstić information content (AvgIpc) is 2.70. The van der Waals surface area contributed by atoms with Crippen molar-refractivity contribution in [1.29, 1.82) is 0 Å². The topological polar surface area (TPSA) is 101 Å². The second-order valence-electron chi connectivity index (χ2n) is 6.29. The van der Waals surface area contributed by atoms with E-state index in [1.54, 1.807) is 13.1 Å². The van der Waals surface area contributed by atoms with E-state index in [0.29, 0.717) is 22.7 Å². The summed E-state index contributed by atoms with van der Waals surface area (Å²) >= 11 is 0. The molecule has 2 N–H and O–H groups in total. The van der Waals surface area contributed by atoms with Crippen molar-refractivity contribution < 1.29 is 8.42 Å². The van der Waals surface area contributed by atoms with E-state index in [4.69, 9.17) is 0 Å². The number of hydrogen-bond donors (Lipinski definition) is 2. The van der Waals surface area contributed by atoms with Crippen LogP contribution in [0.2, 0.25) is 0 Å². The molecular formula is C20H17N5O2S. The van der Waals surface area contributed by atoms with Gasteiger partial charge in [0.15, 0.2) is 5.82 Å². The monoisotopic (exact) mass is 391 g/mol. The van der Waals surface area contributed by atoms with Crippen molar-refractivity contribution in [2.24, 2.45) is 0 Å². The van der Waals surface area contributed by atoms with Crippen molar-refractivity contribution in [2.45, 2.75) is 13.3 Å². The van der Waals surface area contributed by atoms with Crippen LogP contribution in [-0.2, 0) is 16.7 Å². The number of H-pyrrole nitrogens is 1. The van der Waals surface area contributed by atoms with E-state index in [1.807, 2.05) is 42.5 Å². The molecule has 28 heavy (non-hydrogen) atoms. The maximum atomic E-state index is 11.4. The predicted molar refractivity (Wildman–Crippen MR) is 108 cm³/mol.